The summed E-state index contributed by atoms with van der Waals surface area (Å²) in [4.78, 5) is 0. The summed E-state index contributed by atoms with van der Waals surface area (Å²) in [6.45, 7) is 0.0313. The first kappa shape index (κ1) is 23.7. The van der Waals surface area contributed by atoms with Crippen LogP contribution in [0.25, 0.3) is 16.9 Å². The van der Waals surface area contributed by atoms with Gasteiger partial charge in [0, 0.05) is 29.2 Å². The fourth-order valence-corrected chi connectivity index (χ4v) is 5.74. The predicted molar refractivity (Wildman–Crippen MR) is 126 cm³/mol. The summed E-state index contributed by atoms with van der Waals surface area (Å²) in [5.41, 5.74) is 3.72. The minimum Gasteiger partial charge on any atom is -0.494 e. The molecule has 0 atom stereocenters. The second-order valence-electron chi connectivity index (χ2n) is 7.61. The van der Waals surface area contributed by atoms with Gasteiger partial charge in [0.1, 0.15) is 11.4 Å². The number of fused-ring (bicyclic) bond motifs is 1. The Morgan fingerprint density at radius 3 is 2.42 bits per heavy atom. The van der Waals surface area contributed by atoms with Gasteiger partial charge < -0.3 is 4.74 Å². The van der Waals surface area contributed by atoms with Crippen LogP contribution in [-0.2, 0) is 33.1 Å². The lowest BCUT2D eigenvalue weighted by molar-refractivity contribution is 0.410. The molecule has 0 fully saturated rings. The van der Waals surface area contributed by atoms with Crippen molar-refractivity contribution in [2.75, 3.05) is 25.7 Å². The lowest BCUT2D eigenvalue weighted by Gasteiger charge is -2.18. The number of para-hydroxylation sites is 2. The summed E-state index contributed by atoms with van der Waals surface area (Å²) in [7, 11) is -5.60. The average molecular weight is 511 g/mol. The quantitative estimate of drug-likeness (QED) is 0.498. The summed E-state index contributed by atoms with van der Waals surface area (Å²) in [6, 6.07) is 14.7. The first-order chi connectivity index (χ1) is 15.6. The van der Waals surface area contributed by atoms with Gasteiger partial charge in [-0.15, -0.1) is 0 Å². The smallest absolute Gasteiger partial charge is 0.216 e. The van der Waals surface area contributed by atoms with E-state index in [-0.39, 0.29) is 25.4 Å². The van der Waals surface area contributed by atoms with E-state index < -0.39 is 20.0 Å². The van der Waals surface area contributed by atoms with E-state index >= 15 is 0 Å². The first-order valence-corrected chi connectivity index (χ1v) is 13.9. The van der Waals surface area contributed by atoms with Gasteiger partial charge in [0.05, 0.1) is 37.1 Å². The fraction of sp³-hybridized carbons (Fsp3) is 0.286. The highest BCUT2D eigenvalue weighted by atomic mass is 35.5. The van der Waals surface area contributed by atoms with Crippen LogP contribution >= 0.6 is 11.6 Å². The van der Waals surface area contributed by atoms with Crippen molar-refractivity contribution in [3.8, 4) is 22.7 Å². The van der Waals surface area contributed by atoms with E-state index in [0.717, 1.165) is 28.8 Å². The molecule has 0 bridgehead atoms. The standard InChI is InChI=1S/C21H23ClN4O5S2/c1-31-20-6-4-3-5-19(20)26-21(15-7-9-16(22)10-8-15)17-13-25(14-18(17)24-26)33(29,30)12-11-23-32(2,27)28/h3-10,23H,11-14H2,1-2H3. The summed E-state index contributed by atoms with van der Waals surface area (Å²) in [6.07, 6.45) is 0.990. The number of benzene rings is 2. The normalized spacial score (nSPS) is 14.4. The van der Waals surface area contributed by atoms with Gasteiger partial charge in [0.25, 0.3) is 0 Å². The Morgan fingerprint density at radius 1 is 1.06 bits per heavy atom. The molecule has 176 valence electrons. The second-order valence-corrected chi connectivity index (χ2v) is 12.0. The maximum Gasteiger partial charge on any atom is 0.216 e. The number of aromatic nitrogens is 2. The second kappa shape index (κ2) is 9.07. The number of hydrogen-bond acceptors (Lipinski definition) is 6. The summed E-state index contributed by atoms with van der Waals surface area (Å²) < 4.78 is 59.1. The van der Waals surface area contributed by atoms with Crippen LogP contribution in [0.3, 0.4) is 0 Å². The van der Waals surface area contributed by atoms with E-state index in [1.807, 2.05) is 36.4 Å². The van der Waals surface area contributed by atoms with Gasteiger partial charge in [0.2, 0.25) is 20.0 Å². The third-order valence-corrected chi connectivity index (χ3v) is 8.02. The molecule has 3 aromatic rings. The molecule has 1 N–H and O–H groups in total. The van der Waals surface area contributed by atoms with Crippen molar-refractivity contribution in [2.24, 2.45) is 0 Å². The number of methoxy groups -OCH3 is 1. The molecule has 33 heavy (non-hydrogen) atoms. The van der Waals surface area contributed by atoms with Crippen LogP contribution in [0.15, 0.2) is 48.5 Å². The lowest BCUT2D eigenvalue weighted by Crippen LogP contribution is -2.35. The van der Waals surface area contributed by atoms with Crippen molar-refractivity contribution in [1.29, 1.82) is 0 Å². The molecule has 0 aliphatic carbocycles. The van der Waals surface area contributed by atoms with E-state index in [1.54, 1.807) is 23.9 Å². The van der Waals surface area contributed by atoms with Gasteiger partial charge in [0.15, 0.2) is 0 Å². The Hall–Kier alpha value is -2.44. The van der Waals surface area contributed by atoms with Crippen molar-refractivity contribution in [1.82, 2.24) is 18.8 Å². The maximum absolute atomic E-state index is 12.9. The molecule has 0 amide bonds. The van der Waals surface area contributed by atoms with Gasteiger partial charge in [-0.05, 0) is 24.3 Å². The Morgan fingerprint density at radius 2 is 1.76 bits per heavy atom. The van der Waals surface area contributed by atoms with Gasteiger partial charge >= 0.3 is 0 Å². The van der Waals surface area contributed by atoms with E-state index in [9.17, 15) is 16.8 Å². The molecule has 1 aliphatic rings. The van der Waals surface area contributed by atoms with E-state index in [1.165, 1.54) is 4.31 Å². The largest absolute Gasteiger partial charge is 0.494 e. The van der Waals surface area contributed by atoms with Gasteiger partial charge in [-0.25, -0.2) is 26.2 Å². The Balaban J connectivity index is 1.72. The van der Waals surface area contributed by atoms with Crippen molar-refractivity contribution in [2.45, 2.75) is 13.1 Å². The van der Waals surface area contributed by atoms with E-state index in [2.05, 4.69) is 4.72 Å². The third kappa shape index (κ3) is 5.07. The van der Waals surface area contributed by atoms with Crippen LogP contribution in [-0.4, -0.2) is 56.6 Å². The minimum absolute atomic E-state index is 0.0965. The highest BCUT2D eigenvalue weighted by Gasteiger charge is 2.35. The topological polar surface area (TPSA) is 111 Å². The number of rotatable bonds is 8. The maximum atomic E-state index is 12.9. The molecule has 0 unspecified atom stereocenters. The molecule has 0 spiro atoms. The number of sulfonamides is 2. The van der Waals surface area contributed by atoms with Crippen LogP contribution < -0.4 is 9.46 Å². The summed E-state index contributed by atoms with van der Waals surface area (Å²) in [5.74, 6) is 0.290. The van der Waals surface area contributed by atoms with Crippen LogP contribution in [0, 0.1) is 0 Å². The van der Waals surface area contributed by atoms with Gasteiger partial charge in [-0.1, -0.05) is 35.9 Å². The molecule has 1 aliphatic heterocycles. The number of nitrogens with one attached hydrogen (secondary N) is 1. The zero-order chi connectivity index (χ0) is 23.8. The SMILES string of the molecule is COc1ccccc1-n1nc2c(c1-c1ccc(Cl)cc1)CN(S(=O)(=O)CCNS(C)(=O)=O)C2. The molecule has 0 saturated carbocycles. The molecule has 2 aromatic carbocycles. The third-order valence-electron chi connectivity index (χ3n) is 5.28. The predicted octanol–water partition coefficient (Wildman–Crippen LogP) is 2.40. The molecular formula is C21H23ClN4O5S2. The van der Waals surface area contributed by atoms with Crippen LogP contribution in [0.2, 0.25) is 5.02 Å². The average Bonchev–Trinajstić information content (AvgIpc) is 3.32. The highest BCUT2D eigenvalue weighted by molar-refractivity contribution is 7.89. The Bertz CT molecular complexity index is 1390. The lowest BCUT2D eigenvalue weighted by atomic mass is 10.1. The van der Waals surface area contributed by atoms with Crippen LogP contribution in [0.5, 0.6) is 5.75 Å². The summed E-state index contributed by atoms with van der Waals surface area (Å²) >= 11 is 6.08. The Kier molecular flexibility index (Phi) is 6.52. The monoisotopic (exact) mass is 510 g/mol. The number of nitrogens with zero attached hydrogens (tertiary/aromatic N) is 3. The number of ether oxygens (including phenoxy) is 1. The van der Waals surface area contributed by atoms with Crippen molar-refractivity contribution in [3.63, 3.8) is 0 Å². The molecule has 0 saturated heterocycles. The molecule has 12 heteroatoms. The summed E-state index contributed by atoms with van der Waals surface area (Å²) in [5, 5.41) is 5.32. The van der Waals surface area contributed by atoms with E-state index in [4.69, 9.17) is 21.4 Å². The zero-order valence-electron chi connectivity index (χ0n) is 18.0. The molecule has 2 heterocycles. The van der Waals surface area contributed by atoms with E-state index in [0.29, 0.717) is 16.5 Å². The molecule has 0 radical (unpaired) electrons. The van der Waals surface area contributed by atoms with Gasteiger partial charge in [-0.2, -0.15) is 9.40 Å². The first-order valence-electron chi connectivity index (χ1n) is 10.0. The molecular weight excluding hydrogens is 488 g/mol. The fourth-order valence-electron chi connectivity index (χ4n) is 3.75. The van der Waals surface area contributed by atoms with Crippen LogP contribution in [0.1, 0.15) is 11.3 Å². The van der Waals surface area contributed by atoms with Crippen molar-refractivity contribution in [3.05, 3.63) is 64.8 Å². The highest BCUT2D eigenvalue weighted by Crippen LogP contribution is 2.37. The van der Waals surface area contributed by atoms with Gasteiger partial charge in [-0.3, -0.25) is 0 Å². The molecule has 9 nitrogen and oxygen atoms in total. The van der Waals surface area contributed by atoms with Crippen molar-refractivity contribution >= 4 is 31.6 Å². The molecule has 4 rings (SSSR count). The zero-order valence-corrected chi connectivity index (χ0v) is 20.4. The number of hydrogen-bond donors (Lipinski definition) is 1. The molecule has 1 aromatic heterocycles. The minimum atomic E-state index is -3.70. The van der Waals surface area contributed by atoms with Crippen LogP contribution in [0.4, 0.5) is 0 Å². The van der Waals surface area contributed by atoms with Crippen molar-refractivity contribution < 1.29 is 21.6 Å². The number of halogens is 1. The Labute approximate surface area is 198 Å².